The Balaban J connectivity index is 2.03. The lowest BCUT2D eigenvalue weighted by Gasteiger charge is -2.19. The highest BCUT2D eigenvalue weighted by molar-refractivity contribution is 7.71. The van der Waals surface area contributed by atoms with Gasteiger partial charge in [-0.05, 0) is 24.4 Å². The minimum atomic E-state index is 0.393. The van der Waals surface area contributed by atoms with Crippen molar-refractivity contribution in [1.29, 1.82) is 10.5 Å². The number of para-hydroxylation sites is 1. The van der Waals surface area contributed by atoms with Gasteiger partial charge in [0.25, 0.3) is 0 Å². The van der Waals surface area contributed by atoms with Crippen molar-refractivity contribution in [3.05, 3.63) is 65.4 Å². The molecule has 0 atom stereocenters. The van der Waals surface area contributed by atoms with E-state index in [0.717, 1.165) is 17.1 Å². The van der Waals surface area contributed by atoms with Crippen molar-refractivity contribution in [1.82, 2.24) is 19.2 Å². The summed E-state index contributed by atoms with van der Waals surface area (Å²) in [5, 5.41) is 22.6. The topological polar surface area (TPSA) is 73.6 Å². The van der Waals surface area contributed by atoms with Crippen LogP contribution in [0.2, 0.25) is 0 Å². The van der Waals surface area contributed by atoms with Crippen LogP contribution in [0.25, 0.3) is 17.1 Å². The molecule has 0 aliphatic carbocycles. The summed E-state index contributed by atoms with van der Waals surface area (Å²) in [7, 11) is 0. The molecule has 0 saturated carbocycles. The average Bonchev–Trinajstić information content (AvgIpc) is 3.07. The summed E-state index contributed by atoms with van der Waals surface area (Å²) < 4.78 is 4.29. The smallest absolute Gasteiger partial charge is 0.204 e. The van der Waals surface area contributed by atoms with Crippen LogP contribution in [-0.2, 0) is 6.67 Å². The molecule has 0 amide bonds. The van der Waals surface area contributed by atoms with Gasteiger partial charge in [-0.3, -0.25) is 9.47 Å². The van der Waals surface area contributed by atoms with Crippen LogP contribution in [0.4, 0.5) is 0 Å². The molecular weight excluding hydrogens is 368 g/mol. The summed E-state index contributed by atoms with van der Waals surface area (Å²) >= 11 is 5.75. The predicted molar refractivity (Wildman–Crippen MR) is 110 cm³/mol. The number of hydrogen-bond donors (Lipinski definition) is 0. The molecule has 0 spiro atoms. The van der Waals surface area contributed by atoms with E-state index in [1.54, 1.807) is 4.68 Å². The van der Waals surface area contributed by atoms with Crippen LogP contribution in [-0.4, -0.2) is 32.3 Å². The molecule has 140 valence electrons. The van der Waals surface area contributed by atoms with E-state index < -0.39 is 0 Å². The molecule has 0 fully saturated rings. The maximum absolute atomic E-state index is 8.92. The summed E-state index contributed by atoms with van der Waals surface area (Å²) in [4.78, 5) is 2.03. The van der Waals surface area contributed by atoms with Gasteiger partial charge in [-0.2, -0.15) is 10.5 Å². The van der Waals surface area contributed by atoms with Gasteiger partial charge in [0.15, 0.2) is 5.82 Å². The third-order valence-corrected chi connectivity index (χ3v) is 4.69. The Labute approximate surface area is 169 Å². The molecule has 1 aromatic heterocycles. The first-order chi connectivity index (χ1) is 13.7. The number of nitriles is 2. The molecule has 0 bridgehead atoms. The van der Waals surface area contributed by atoms with Crippen molar-refractivity contribution in [3.8, 4) is 29.2 Å². The van der Waals surface area contributed by atoms with E-state index >= 15 is 0 Å². The first-order valence-corrected chi connectivity index (χ1v) is 9.42. The molecule has 3 aromatic rings. The summed E-state index contributed by atoms with van der Waals surface area (Å²) in [5.74, 6) is 0.761. The maximum atomic E-state index is 8.92. The molecule has 28 heavy (non-hydrogen) atoms. The zero-order chi connectivity index (χ0) is 19.8. The minimum Gasteiger partial charge on any atom is -0.282 e. The summed E-state index contributed by atoms with van der Waals surface area (Å²) in [6.07, 6.45) is 0.785. The van der Waals surface area contributed by atoms with Gasteiger partial charge < -0.3 is 0 Å². The maximum Gasteiger partial charge on any atom is 0.204 e. The Morgan fingerprint density at radius 1 is 0.893 bits per heavy atom. The van der Waals surface area contributed by atoms with Crippen molar-refractivity contribution >= 4 is 12.2 Å². The Bertz CT molecular complexity index is 1020. The number of rotatable bonds is 8. The van der Waals surface area contributed by atoms with E-state index in [1.807, 2.05) is 70.1 Å². The lowest BCUT2D eigenvalue weighted by molar-refractivity contribution is 0.214. The Hall–Kier alpha value is -3.26. The van der Waals surface area contributed by atoms with E-state index in [2.05, 4.69) is 12.1 Å². The third kappa shape index (κ3) is 4.52. The van der Waals surface area contributed by atoms with Gasteiger partial charge in [-0.15, -0.1) is 5.10 Å². The second-order valence-corrected chi connectivity index (χ2v) is 6.58. The molecular formula is C21H20N6S. The molecule has 3 rings (SSSR count). The van der Waals surface area contributed by atoms with Crippen molar-refractivity contribution in [2.45, 2.75) is 19.5 Å². The normalized spacial score (nSPS) is 10.5. The SMILES string of the molecule is N#CCCN(CCC#N)Cn1nc(-c2ccccc2)n(-c2ccccc2)c1=S. The fourth-order valence-corrected chi connectivity index (χ4v) is 3.23. The van der Waals surface area contributed by atoms with Crippen LogP contribution >= 0.6 is 12.2 Å². The summed E-state index contributed by atoms with van der Waals surface area (Å²) in [6, 6.07) is 24.1. The lowest BCUT2D eigenvalue weighted by atomic mass is 10.2. The molecule has 0 N–H and O–H groups in total. The fourth-order valence-electron chi connectivity index (χ4n) is 2.94. The molecule has 0 aliphatic heterocycles. The zero-order valence-corrected chi connectivity index (χ0v) is 16.2. The highest BCUT2D eigenvalue weighted by Gasteiger charge is 2.16. The quantitative estimate of drug-likeness (QED) is 0.542. The van der Waals surface area contributed by atoms with Crippen molar-refractivity contribution in [3.63, 3.8) is 0 Å². The predicted octanol–water partition coefficient (Wildman–Crippen LogP) is 4.16. The molecule has 0 saturated heterocycles. The standard InChI is InChI=1S/C21H20N6S/c22-13-7-15-25(16-8-14-23)17-26-21(28)27(19-11-5-2-6-12-19)20(24-26)18-9-3-1-4-10-18/h1-6,9-12H,7-8,15-17H2. The summed E-state index contributed by atoms with van der Waals surface area (Å²) in [5.41, 5.74) is 1.91. The van der Waals surface area contributed by atoms with E-state index in [0.29, 0.717) is 37.4 Å². The number of benzene rings is 2. The van der Waals surface area contributed by atoms with Gasteiger partial charge in [-0.25, -0.2) is 4.68 Å². The average molecular weight is 389 g/mol. The van der Waals surface area contributed by atoms with Gasteiger partial charge >= 0.3 is 0 Å². The Morgan fingerprint density at radius 2 is 1.46 bits per heavy atom. The second kappa shape index (κ2) is 9.61. The van der Waals surface area contributed by atoms with Crippen LogP contribution in [0, 0.1) is 27.4 Å². The van der Waals surface area contributed by atoms with E-state index in [9.17, 15) is 0 Å². The van der Waals surface area contributed by atoms with Crippen molar-refractivity contribution in [2.24, 2.45) is 0 Å². The van der Waals surface area contributed by atoms with Gasteiger partial charge in [0.05, 0.1) is 18.8 Å². The van der Waals surface area contributed by atoms with Crippen LogP contribution in [0.5, 0.6) is 0 Å². The molecule has 0 unspecified atom stereocenters. The largest absolute Gasteiger partial charge is 0.282 e. The van der Waals surface area contributed by atoms with E-state index in [4.69, 9.17) is 27.8 Å². The minimum absolute atomic E-state index is 0.393. The molecule has 6 nitrogen and oxygen atoms in total. The first-order valence-electron chi connectivity index (χ1n) is 9.01. The molecule has 0 radical (unpaired) electrons. The molecule has 7 heteroatoms. The fraction of sp³-hybridized carbons (Fsp3) is 0.238. The number of aromatic nitrogens is 3. The lowest BCUT2D eigenvalue weighted by Crippen LogP contribution is -2.29. The molecule has 1 heterocycles. The Morgan fingerprint density at radius 3 is 2.04 bits per heavy atom. The third-order valence-electron chi connectivity index (χ3n) is 4.30. The Kier molecular flexibility index (Phi) is 6.69. The van der Waals surface area contributed by atoms with Crippen molar-refractivity contribution < 1.29 is 0 Å². The van der Waals surface area contributed by atoms with Gasteiger partial charge in [0, 0.05) is 37.2 Å². The summed E-state index contributed by atoms with van der Waals surface area (Å²) in [6.45, 7) is 1.57. The van der Waals surface area contributed by atoms with Gasteiger partial charge in [0.1, 0.15) is 0 Å². The van der Waals surface area contributed by atoms with E-state index in [1.165, 1.54) is 0 Å². The van der Waals surface area contributed by atoms with Crippen LogP contribution < -0.4 is 0 Å². The van der Waals surface area contributed by atoms with Gasteiger partial charge in [0.2, 0.25) is 4.77 Å². The first kappa shape index (κ1) is 19.5. The molecule has 0 aliphatic rings. The second-order valence-electron chi connectivity index (χ2n) is 6.22. The van der Waals surface area contributed by atoms with Crippen LogP contribution in [0.15, 0.2) is 60.7 Å². The highest BCUT2D eigenvalue weighted by Crippen LogP contribution is 2.22. The van der Waals surface area contributed by atoms with Crippen molar-refractivity contribution in [2.75, 3.05) is 13.1 Å². The van der Waals surface area contributed by atoms with E-state index in [-0.39, 0.29) is 0 Å². The number of nitrogens with zero attached hydrogens (tertiary/aromatic N) is 6. The number of hydrogen-bond acceptors (Lipinski definition) is 5. The monoisotopic (exact) mass is 388 g/mol. The zero-order valence-electron chi connectivity index (χ0n) is 15.4. The molecule has 2 aromatic carbocycles. The van der Waals surface area contributed by atoms with Crippen LogP contribution in [0.1, 0.15) is 12.8 Å². The highest BCUT2D eigenvalue weighted by atomic mass is 32.1. The van der Waals surface area contributed by atoms with Crippen LogP contribution in [0.3, 0.4) is 0 Å². The van der Waals surface area contributed by atoms with Gasteiger partial charge in [-0.1, -0.05) is 48.5 Å².